The third kappa shape index (κ3) is 2.74. The molecule has 0 unspecified atom stereocenters. The number of nitro groups is 1. The molecule has 2 heterocycles. The van der Waals surface area contributed by atoms with Gasteiger partial charge in [-0.2, -0.15) is 0 Å². The van der Waals surface area contributed by atoms with Crippen LogP contribution in [0.5, 0.6) is 0 Å². The topological polar surface area (TPSA) is 72.2 Å². The molecule has 0 aromatic carbocycles. The summed E-state index contributed by atoms with van der Waals surface area (Å²) in [5.41, 5.74) is 0.329. The quantitative estimate of drug-likeness (QED) is 0.691. The van der Waals surface area contributed by atoms with E-state index >= 15 is 0 Å². The van der Waals surface area contributed by atoms with Crippen molar-refractivity contribution in [1.82, 2.24) is 5.32 Å². The standard InChI is InChI=1S/C11H10N2O3S2/c1-7(9-3-2-4-17-9)12-11(14)8-5-10(13(15)16)18-6-8/h2-7H,1H3,(H,12,14)/t7-/m1/s1. The van der Waals surface area contributed by atoms with Crippen LogP contribution in [0.1, 0.15) is 28.2 Å². The molecular formula is C11H10N2O3S2. The summed E-state index contributed by atoms with van der Waals surface area (Å²) in [6.07, 6.45) is 0. The second-order valence-electron chi connectivity index (χ2n) is 3.64. The zero-order chi connectivity index (χ0) is 13.1. The van der Waals surface area contributed by atoms with Gasteiger partial charge in [0.2, 0.25) is 0 Å². The van der Waals surface area contributed by atoms with Gasteiger partial charge in [0.25, 0.3) is 5.91 Å². The number of hydrogen-bond acceptors (Lipinski definition) is 5. The van der Waals surface area contributed by atoms with E-state index in [0.717, 1.165) is 16.2 Å². The predicted molar refractivity (Wildman–Crippen MR) is 71.2 cm³/mol. The first kappa shape index (κ1) is 12.7. The predicted octanol–water partition coefficient (Wildman–Crippen LogP) is 3.21. The highest BCUT2D eigenvalue weighted by Gasteiger charge is 2.17. The minimum absolute atomic E-state index is 0.0241. The summed E-state index contributed by atoms with van der Waals surface area (Å²) in [6.45, 7) is 1.88. The first-order valence-corrected chi connectivity index (χ1v) is 6.91. The lowest BCUT2D eigenvalue weighted by Crippen LogP contribution is -2.25. The fraction of sp³-hybridized carbons (Fsp3) is 0.182. The van der Waals surface area contributed by atoms with Crippen LogP contribution in [0.4, 0.5) is 5.00 Å². The molecule has 0 aliphatic carbocycles. The van der Waals surface area contributed by atoms with Gasteiger partial charge in [0.15, 0.2) is 0 Å². The van der Waals surface area contributed by atoms with Crippen molar-refractivity contribution < 1.29 is 9.72 Å². The van der Waals surface area contributed by atoms with Gasteiger partial charge in [0.05, 0.1) is 16.5 Å². The van der Waals surface area contributed by atoms with Gasteiger partial charge in [-0.25, -0.2) is 0 Å². The smallest absolute Gasteiger partial charge is 0.324 e. The summed E-state index contributed by atoms with van der Waals surface area (Å²) >= 11 is 2.51. The summed E-state index contributed by atoms with van der Waals surface area (Å²) < 4.78 is 0. The molecule has 0 bridgehead atoms. The van der Waals surface area contributed by atoms with Crippen molar-refractivity contribution in [3.8, 4) is 0 Å². The van der Waals surface area contributed by atoms with Crippen molar-refractivity contribution in [2.75, 3.05) is 0 Å². The minimum atomic E-state index is -0.496. The van der Waals surface area contributed by atoms with Gasteiger partial charge < -0.3 is 5.32 Å². The molecule has 1 amide bonds. The Hall–Kier alpha value is -1.73. The molecule has 0 saturated heterocycles. The van der Waals surface area contributed by atoms with Gasteiger partial charge in [-0.05, 0) is 18.4 Å². The summed E-state index contributed by atoms with van der Waals surface area (Å²) in [5.74, 6) is -0.291. The molecule has 2 aromatic rings. The maximum Gasteiger partial charge on any atom is 0.324 e. The molecule has 0 spiro atoms. The van der Waals surface area contributed by atoms with E-state index in [-0.39, 0.29) is 17.0 Å². The van der Waals surface area contributed by atoms with Crippen LogP contribution in [0.25, 0.3) is 0 Å². The number of nitrogens with zero attached hydrogens (tertiary/aromatic N) is 1. The molecule has 0 fully saturated rings. The number of carbonyl (C=O) groups excluding carboxylic acids is 1. The lowest BCUT2D eigenvalue weighted by molar-refractivity contribution is -0.380. The molecule has 94 valence electrons. The van der Waals surface area contributed by atoms with E-state index < -0.39 is 4.92 Å². The largest absolute Gasteiger partial charge is 0.345 e. The van der Waals surface area contributed by atoms with Gasteiger partial charge in [0, 0.05) is 16.3 Å². The zero-order valence-corrected chi connectivity index (χ0v) is 11.1. The number of thiophene rings is 2. The molecule has 1 N–H and O–H groups in total. The van der Waals surface area contributed by atoms with Crippen LogP contribution in [-0.2, 0) is 0 Å². The van der Waals surface area contributed by atoms with E-state index in [1.807, 2.05) is 24.4 Å². The van der Waals surface area contributed by atoms with Gasteiger partial charge >= 0.3 is 5.00 Å². The Bertz CT molecular complexity index is 563. The molecule has 7 heteroatoms. The van der Waals surface area contributed by atoms with Gasteiger partial charge in [0.1, 0.15) is 0 Å². The van der Waals surface area contributed by atoms with Gasteiger partial charge in [-0.1, -0.05) is 17.4 Å². The Morgan fingerprint density at radius 2 is 2.28 bits per heavy atom. The highest BCUT2D eigenvalue weighted by Crippen LogP contribution is 2.24. The van der Waals surface area contributed by atoms with E-state index in [9.17, 15) is 14.9 Å². The molecule has 0 aliphatic heterocycles. The molecule has 2 aromatic heterocycles. The highest BCUT2D eigenvalue weighted by atomic mass is 32.1. The van der Waals surface area contributed by atoms with Gasteiger partial charge in [-0.3, -0.25) is 14.9 Å². The van der Waals surface area contributed by atoms with Crippen LogP contribution in [0.2, 0.25) is 0 Å². The van der Waals surface area contributed by atoms with Crippen LogP contribution in [0.3, 0.4) is 0 Å². The molecular weight excluding hydrogens is 272 g/mol. The molecule has 2 rings (SSSR count). The Labute approximate surface area is 111 Å². The maximum atomic E-state index is 11.9. The molecule has 0 saturated carbocycles. The lowest BCUT2D eigenvalue weighted by atomic mass is 10.2. The fourth-order valence-corrected chi connectivity index (χ4v) is 2.87. The Morgan fingerprint density at radius 1 is 1.50 bits per heavy atom. The first-order chi connectivity index (χ1) is 8.58. The Balaban J connectivity index is 2.05. The average Bonchev–Trinajstić information content (AvgIpc) is 3.00. The Kier molecular flexibility index (Phi) is 3.73. The summed E-state index contributed by atoms with van der Waals surface area (Å²) in [6, 6.07) is 5.04. The van der Waals surface area contributed by atoms with Crippen molar-refractivity contribution >= 4 is 33.6 Å². The maximum absolute atomic E-state index is 11.9. The number of nitrogens with one attached hydrogen (secondary N) is 1. The third-order valence-electron chi connectivity index (χ3n) is 2.35. The normalized spacial score (nSPS) is 12.1. The zero-order valence-electron chi connectivity index (χ0n) is 9.45. The molecule has 1 atom stereocenters. The summed E-state index contributed by atoms with van der Waals surface area (Å²) in [4.78, 5) is 22.9. The van der Waals surface area contributed by atoms with Gasteiger partial charge in [-0.15, -0.1) is 11.3 Å². The number of amides is 1. The monoisotopic (exact) mass is 282 g/mol. The number of hydrogen-bond donors (Lipinski definition) is 1. The summed E-state index contributed by atoms with van der Waals surface area (Å²) in [7, 11) is 0. The van der Waals surface area contributed by atoms with Crippen molar-refractivity contribution in [1.29, 1.82) is 0 Å². The van der Waals surface area contributed by atoms with Crippen molar-refractivity contribution in [2.24, 2.45) is 0 Å². The fourth-order valence-electron chi connectivity index (χ4n) is 1.43. The van der Waals surface area contributed by atoms with E-state index in [2.05, 4.69) is 5.32 Å². The SMILES string of the molecule is C[C@@H](NC(=O)c1csc([N+](=O)[O-])c1)c1cccs1. The second-order valence-corrected chi connectivity index (χ2v) is 5.51. The number of rotatable bonds is 4. The molecule has 18 heavy (non-hydrogen) atoms. The molecule has 0 aliphatic rings. The number of carbonyl (C=O) groups is 1. The van der Waals surface area contributed by atoms with Crippen LogP contribution in [0, 0.1) is 10.1 Å². The Morgan fingerprint density at radius 3 is 2.83 bits per heavy atom. The van der Waals surface area contributed by atoms with Crippen LogP contribution in [-0.4, -0.2) is 10.8 Å². The van der Waals surface area contributed by atoms with E-state index in [1.165, 1.54) is 11.4 Å². The van der Waals surface area contributed by atoms with Crippen LogP contribution < -0.4 is 5.32 Å². The first-order valence-electron chi connectivity index (χ1n) is 5.15. The minimum Gasteiger partial charge on any atom is -0.345 e. The third-order valence-corrected chi connectivity index (χ3v) is 4.28. The van der Waals surface area contributed by atoms with Crippen molar-refractivity contribution in [3.05, 3.63) is 49.5 Å². The summed E-state index contributed by atoms with van der Waals surface area (Å²) in [5, 5.41) is 16.7. The van der Waals surface area contributed by atoms with Crippen molar-refractivity contribution in [2.45, 2.75) is 13.0 Å². The molecule has 5 nitrogen and oxygen atoms in total. The highest BCUT2D eigenvalue weighted by molar-refractivity contribution is 7.13. The van der Waals surface area contributed by atoms with Crippen molar-refractivity contribution in [3.63, 3.8) is 0 Å². The second kappa shape index (κ2) is 5.28. The molecule has 0 radical (unpaired) electrons. The van der Waals surface area contributed by atoms with E-state index in [4.69, 9.17) is 0 Å². The van der Waals surface area contributed by atoms with Crippen LogP contribution in [0.15, 0.2) is 29.0 Å². The lowest BCUT2D eigenvalue weighted by Gasteiger charge is -2.10. The van der Waals surface area contributed by atoms with E-state index in [1.54, 1.807) is 11.3 Å². The average molecular weight is 282 g/mol. The van der Waals surface area contributed by atoms with E-state index in [0.29, 0.717) is 5.56 Å². The van der Waals surface area contributed by atoms with Crippen LogP contribution >= 0.6 is 22.7 Å².